The van der Waals surface area contributed by atoms with Crippen molar-refractivity contribution >= 4 is 22.6 Å². The zero-order valence-electron chi connectivity index (χ0n) is 16.7. The number of aromatic nitrogens is 3. The Labute approximate surface area is 178 Å². The summed E-state index contributed by atoms with van der Waals surface area (Å²) in [6.07, 6.45) is 1.69. The smallest absolute Gasteiger partial charge is 0.268 e. The van der Waals surface area contributed by atoms with Gasteiger partial charge in [-0.25, -0.2) is 4.98 Å². The summed E-state index contributed by atoms with van der Waals surface area (Å²) >= 11 is 0. The highest BCUT2D eigenvalue weighted by atomic mass is 16.2. The molecule has 0 spiro atoms. The quantitative estimate of drug-likeness (QED) is 0.483. The van der Waals surface area contributed by atoms with Crippen molar-refractivity contribution in [1.82, 2.24) is 19.3 Å². The first-order valence-electron chi connectivity index (χ1n) is 10.1. The Kier molecular flexibility index (Phi) is 4.80. The minimum Gasteiger partial charge on any atom is -0.347 e. The molecule has 152 valence electrons. The number of benzene rings is 2. The van der Waals surface area contributed by atoms with Crippen LogP contribution in [0.15, 0.2) is 95.9 Å². The third-order valence-corrected chi connectivity index (χ3v) is 5.29. The SMILES string of the molecule is O=C(NCc1ccccc1)c1cc2c(=O)n3ccccc3nc2n1Cc1ccccc1. The van der Waals surface area contributed by atoms with E-state index in [4.69, 9.17) is 4.98 Å². The number of carbonyl (C=O) groups excluding carboxylic acids is 1. The lowest BCUT2D eigenvalue weighted by Gasteiger charge is -2.11. The summed E-state index contributed by atoms with van der Waals surface area (Å²) in [5, 5.41) is 3.39. The van der Waals surface area contributed by atoms with Gasteiger partial charge in [0, 0.05) is 19.3 Å². The molecule has 5 aromatic rings. The molecule has 0 aliphatic rings. The zero-order valence-corrected chi connectivity index (χ0v) is 16.7. The molecular weight excluding hydrogens is 388 g/mol. The molecule has 3 heterocycles. The van der Waals surface area contributed by atoms with Crippen LogP contribution in [0.2, 0.25) is 0 Å². The summed E-state index contributed by atoms with van der Waals surface area (Å²) in [5.74, 6) is -0.244. The van der Waals surface area contributed by atoms with E-state index in [-0.39, 0.29) is 11.5 Å². The Bertz CT molecular complexity index is 1440. The number of rotatable bonds is 5. The van der Waals surface area contributed by atoms with E-state index < -0.39 is 0 Å². The maximum Gasteiger partial charge on any atom is 0.268 e. The average molecular weight is 408 g/mol. The van der Waals surface area contributed by atoms with E-state index in [1.807, 2.05) is 71.3 Å². The van der Waals surface area contributed by atoms with Gasteiger partial charge in [0.25, 0.3) is 11.5 Å². The van der Waals surface area contributed by atoms with Crippen molar-refractivity contribution in [2.45, 2.75) is 13.1 Å². The predicted molar refractivity (Wildman–Crippen MR) is 120 cm³/mol. The molecular formula is C25H20N4O2. The summed E-state index contributed by atoms with van der Waals surface area (Å²) in [6.45, 7) is 0.842. The van der Waals surface area contributed by atoms with Crippen LogP contribution >= 0.6 is 0 Å². The number of hydrogen-bond donors (Lipinski definition) is 1. The van der Waals surface area contributed by atoms with Gasteiger partial charge in [-0.15, -0.1) is 0 Å². The minimum absolute atomic E-state index is 0.190. The molecule has 0 saturated carbocycles. The normalized spacial score (nSPS) is 11.1. The fraction of sp³-hybridized carbons (Fsp3) is 0.0800. The third-order valence-electron chi connectivity index (χ3n) is 5.29. The van der Waals surface area contributed by atoms with Crippen molar-refractivity contribution in [3.05, 3.63) is 118 Å². The van der Waals surface area contributed by atoms with Crippen molar-refractivity contribution < 1.29 is 4.79 Å². The number of fused-ring (bicyclic) bond motifs is 2. The molecule has 6 heteroatoms. The van der Waals surface area contributed by atoms with Gasteiger partial charge in [0.1, 0.15) is 17.0 Å². The molecule has 0 atom stereocenters. The van der Waals surface area contributed by atoms with Gasteiger partial charge in [-0.1, -0.05) is 66.7 Å². The van der Waals surface area contributed by atoms with E-state index in [0.29, 0.717) is 35.5 Å². The molecule has 1 N–H and O–H groups in total. The molecule has 0 aliphatic carbocycles. The first-order valence-corrected chi connectivity index (χ1v) is 10.1. The van der Waals surface area contributed by atoms with Crippen LogP contribution in [0.25, 0.3) is 16.7 Å². The van der Waals surface area contributed by atoms with Crippen LogP contribution in [-0.2, 0) is 13.1 Å². The van der Waals surface area contributed by atoms with Gasteiger partial charge < -0.3 is 9.88 Å². The lowest BCUT2D eigenvalue weighted by Crippen LogP contribution is -2.25. The summed E-state index contributed by atoms with van der Waals surface area (Å²) < 4.78 is 3.32. The van der Waals surface area contributed by atoms with Gasteiger partial charge in [-0.05, 0) is 29.3 Å². The summed E-state index contributed by atoms with van der Waals surface area (Å²) in [5.41, 5.74) is 3.30. The van der Waals surface area contributed by atoms with Crippen molar-refractivity contribution in [2.24, 2.45) is 0 Å². The van der Waals surface area contributed by atoms with E-state index in [1.165, 1.54) is 4.40 Å². The Balaban J connectivity index is 1.62. The molecule has 0 aliphatic heterocycles. The molecule has 3 aromatic heterocycles. The Morgan fingerprint density at radius 2 is 1.55 bits per heavy atom. The molecule has 0 unspecified atom stereocenters. The van der Waals surface area contributed by atoms with E-state index >= 15 is 0 Å². The highest BCUT2D eigenvalue weighted by Crippen LogP contribution is 2.19. The van der Waals surface area contributed by atoms with Crippen molar-refractivity contribution in [1.29, 1.82) is 0 Å². The molecule has 0 fully saturated rings. The van der Waals surface area contributed by atoms with E-state index in [9.17, 15) is 9.59 Å². The number of nitrogens with zero attached hydrogens (tertiary/aromatic N) is 3. The Hall–Kier alpha value is -4.19. The standard InChI is InChI=1S/C25H20N4O2/c30-24(26-16-18-9-3-1-4-10-18)21-15-20-23(29(21)17-19-11-5-2-6-12-19)27-22-13-7-8-14-28(22)25(20)31/h1-15H,16-17H2,(H,26,30). The molecule has 6 nitrogen and oxygen atoms in total. The number of nitrogens with one attached hydrogen (secondary N) is 1. The largest absolute Gasteiger partial charge is 0.347 e. The van der Waals surface area contributed by atoms with Crippen LogP contribution in [0.4, 0.5) is 0 Å². The first-order chi connectivity index (χ1) is 15.2. The van der Waals surface area contributed by atoms with Crippen LogP contribution in [0.1, 0.15) is 21.6 Å². The fourth-order valence-electron chi connectivity index (χ4n) is 3.73. The summed E-state index contributed by atoms with van der Waals surface area (Å²) in [6, 6.07) is 26.6. The molecule has 31 heavy (non-hydrogen) atoms. The average Bonchev–Trinajstić information content (AvgIpc) is 3.17. The van der Waals surface area contributed by atoms with Crippen molar-refractivity contribution in [3.8, 4) is 0 Å². The Morgan fingerprint density at radius 3 is 2.29 bits per heavy atom. The Morgan fingerprint density at radius 1 is 0.871 bits per heavy atom. The van der Waals surface area contributed by atoms with Gasteiger partial charge in [0.05, 0.1) is 5.39 Å². The number of amides is 1. The lowest BCUT2D eigenvalue weighted by molar-refractivity contribution is 0.0942. The van der Waals surface area contributed by atoms with Crippen LogP contribution in [0.3, 0.4) is 0 Å². The van der Waals surface area contributed by atoms with Crippen molar-refractivity contribution in [2.75, 3.05) is 0 Å². The topological polar surface area (TPSA) is 68.4 Å². The van der Waals surface area contributed by atoms with Gasteiger partial charge >= 0.3 is 0 Å². The molecule has 0 radical (unpaired) electrons. The van der Waals surface area contributed by atoms with Crippen LogP contribution < -0.4 is 10.9 Å². The van der Waals surface area contributed by atoms with Crippen LogP contribution in [0.5, 0.6) is 0 Å². The fourth-order valence-corrected chi connectivity index (χ4v) is 3.73. The summed E-state index contributed by atoms with van der Waals surface area (Å²) in [7, 11) is 0. The third kappa shape index (κ3) is 3.59. The van der Waals surface area contributed by atoms with Crippen molar-refractivity contribution in [3.63, 3.8) is 0 Å². The van der Waals surface area contributed by atoms with E-state index in [1.54, 1.807) is 24.4 Å². The lowest BCUT2D eigenvalue weighted by atomic mass is 10.2. The van der Waals surface area contributed by atoms with E-state index in [2.05, 4.69) is 5.32 Å². The number of carbonyl (C=O) groups is 1. The zero-order chi connectivity index (χ0) is 21.2. The second-order valence-electron chi connectivity index (χ2n) is 7.35. The minimum atomic E-state index is -0.244. The van der Waals surface area contributed by atoms with E-state index in [0.717, 1.165) is 11.1 Å². The number of pyridine rings is 1. The van der Waals surface area contributed by atoms with Gasteiger partial charge in [0.15, 0.2) is 0 Å². The highest BCUT2D eigenvalue weighted by molar-refractivity contribution is 5.98. The predicted octanol–water partition coefficient (Wildman–Crippen LogP) is 3.63. The van der Waals surface area contributed by atoms with Gasteiger partial charge in [0.2, 0.25) is 0 Å². The molecule has 5 rings (SSSR count). The molecule has 0 saturated heterocycles. The molecule has 1 amide bonds. The highest BCUT2D eigenvalue weighted by Gasteiger charge is 2.20. The summed E-state index contributed by atoms with van der Waals surface area (Å²) in [4.78, 5) is 30.9. The van der Waals surface area contributed by atoms with Gasteiger partial charge in [-0.3, -0.25) is 14.0 Å². The van der Waals surface area contributed by atoms with Crippen LogP contribution in [0, 0.1) is 0 Å². The maximum absolute atomic E-state index is 13.1. The monoisotopic (exact) mass is 408 g/mol. The second kappa shape index (κ2) is 7.91. The molecule has 0 bridgehead atoms. The van der Waals surface area contributed by atoms with Gasteiger partial charge in [-0.2, -0.15) is 0 Å². The first kappa shape index (κ1) is 18.8. The maximum atomic E-state index is 13.1. The molecule has 2 aromatic carbocycles. The second-order valence-corrected chi connectivity index (χ2v) is 7.35. The van der Waals surface area contributed by atoms with Crippen LogP contribution in [-0.4, -0.2) is 19.9 Å². The number of hydrogen-bond acceptors (Lipinski definition) is 3.